The monoisotopic (exact) mass is 306 g/mol. The molecule has 0 amide bonds. The number of ether oxygens (including phenoxy) is 1. The van der Waals surface area contributed by atoms with Crippen LogP contribution in [0.15, 0.2) is 0 Å². The second kappa shape index (κ2) is 6.69. The lowest BCUT2D eigenvalue weighted by atomic mass is 10.4. The fraction of sp³-hybridized carbons (Fsp3) is 0.727. The van der Waals surface area contributed by atoms with E-state index in [-0.39, 0.29) is 0 Å². The molecule has 0 N–H and O–H groups in total. The Kier molecular flexibility index (Phi) is 5.89. The van der Waals surface area contributed by atoms with Crippen molar-refractivity contribution in [1.82, 2.24) is 9.88 Å². The van der Waals surface area contributed by atoms with Gasteiger partial charge in [0.25, 0.3) is 0 Å². The third-order valence-corrected chi connectivity index (χ3v) is 3.95. The molecule has 1 aromatic rings. The Balaban J connectivity index is 2.42. The van der Waals surface area contributed by atoms with E-state index in [0.29, 0.717) is 4.83 Å². The lowest BCUT2D eigenvalue weighted by Gasteiger charge is -2.18. The minimum Gasteiger partial charge on any atom is -0.383 e. The summed E-state index contributed by atoms with van der Waals surface area (Å²) >= 11 is 5.37. The Bertz CT molecular complexity index is 310. The van der Waals surface area contributed by atoms with Crippen LogP contribution in [0.1, 0.15) is 15.6 Å². The van der Waals surface area contributed by atoms with E-state index in [1.807, 2.05) is 0 Å². The molecule has 0 saturated heterocycles. The molecule has 0 aliphatic rings. The maximum atomic E-state index is 5.09. The summed E-state index contributed by atoms with van der Waals surface area (Å²) in [5.41, 5.74) is 1.15. The van der Waals surface area contributed by atoms with Gasteiger partial charge in [-0.3, -0.25) is 4.90 Å². The number of hydrogen-bond acceptors (Lipinski definition) is 4. The number of nitrogens with zero attached hydrogens (tertiary/aromatic N) is 2. The van der Waals surface area contributed by atoms with Gasteiger partial charge in [0.15, 0.2) is 0 Å². The molecule has 0 spiro atoms. The molecule has 1 unspecified atom stereocenters. The zero-order valence-electron chi connectivity index (χ0n) is 10.3. The topological polar surface area (TPSA) is 25.4 Å². The number of halogens is 1. The summed E-state index contributed by atoms with van der Waals surface area (Å²) in [5.74, 6) is 0. The van der Waals surface area contributed by atoms with Crippen LogP contribution in [-0.4, -0.2) is 42.0 Å². The van der Waals surface area contributed by atoms with Gasteiger partial charge in [0.1, 0.15) is 5.01 Å². The zero-order chi connectivity index (χ0) is 12.1. The summed E-state index contributed by atoms with van der Waals surface area (Å²) in [5, 5.41) is 1.19. The van der Waals surface area contributed by atoms with Crippen molar-refractivity contribution in [2.24, 2.45) is 0 Å². The summed E-state index contributed by atoms with van der Waals surface area (Å²) in [6.45, 7) is 6.79. The average molecular weight is 307 g/mol. The molecule has 0 fully saturated rings. The molecule has 1 aromatic heterocycles. The van der Waals surface area contributed by atoms with Crippen LogP contribution in [0.2, 0.25) is 0 Å². The fourth-order valence-electron chi connectivity index (χ4n) is 1.47. The van der Waals surface area contributed by atoms with Crippen molar-refractivity contribution in [1.29, 1.82) is 0 Å². The number of rotatable bonds is 6. The Morgan fingerprint density at radius 2 is 2.19 bits per heavy atom. The molecule has 5 heteroatoms. The zero-order valence-corrected chi connectivity index (χ0v) is 12.7. The number of hydrogen-bond donors (Lipinski definition) is 0. The van der Waals surface area contributed by atoms with Crippen LogP contribution >= 0.6 is 27.3 Å². The first-order valence-electron chi connectivity index (χ1n) is 5.27. The number of alkyl halides is 1. The maximum Gasteiger partial charge on any atom is 0.107 e. The summed E-state index contributed by atoms with van der Waals surface area (Å²) in [6.07, 6.45) is 0. The van der Waals surface area contributed by atoms with Gasteiger partial charge in [0.05, 0.1) is 23.7 Å². The summed E-state index contributed by atoms with van der Waals surface area (Å²) in [6, 6.07) is 0. The third kappa shape index (κ3) is 4.49. The van der Waals surface area contributed by atoms with Gasteiger partial charge in [-0.25, -0.2) is 4.98 Å². The molecule has 16 heavy (non-hydrogen) atoms. The van der Waals surface area contributed by atoms with E-state index in [4.69, 9.17) is 4.74 Å². The highest BCUT2D eigenvalue weighted by Crippen LogP contribution is 2.18. The van der Waals surface area contributed by atoms with Gasteiger partial charge in [-0.15, -0.1) is 11.3 Å². The van der Waals surface area contributed by atoms with Gasteiger partial charge in [0, 0.05) is 18.5 Å². The smallest absolute Gasteiger partial charge is 0.107 e. The van der Waals surface area contributed by atoms with E-state index in [0.717, 1.165) is 25.4 Å². The Morgan fingerprint density at radius 3 is 2.69 bits per heavy atom. The van der Waals surface area contributed by atoms with Crippen LogP contribution in [0.25, 0.3) is 0 Å². The predicted molar refractivity (Wildman–Crippen MR) is 72.5 cm³/mol. The van der Waals surface area contributed by atoms with Crippen LogP contribution in [-0.2, 0) is 11.3 Å². The van der Waals surface area contributed by atoms with Crippen LogP contribution in [0.3, 0.4) is 0 Å². The maximum absolute atomic E-state index is 5.09. The molecule has 3 nitrogen and oxygen atoms in total. The fourth-order valence-corrected chi connectivity index (χ4v) is 3.25. The van der Waals surface area contributed by atoms with E-state index in [1.165, 1.54) is 9.88 Å². The molecule has 0 saturated carbocycles. The molecule has 0 bridgehead atoms. The van der Waals surface area contributed by atoms with Crippen molar-refractivity contribution in [3.8, 4) is 0 Å². The first kappa shape index (κ1) is 14.1. The molecule has 1 heterocycles. The molecular weight excluding hydrogens is 288 g/mol. The summed E-state index contributed by atoms with van der Waals surface area (Å²) in [7, 11) is 3.83. The van der Waals surface area contributed by atoms with Crippen LogP contribution in [0.5, 0.6) is 0 Å². The van der Waals surface area contributed by atoms with Gasteiger partial charge in [-0.2, -0.15) is 0 Å². The predicted octanol–water partition coefficient (Wildman–Crippen LogP) is 2.60. The Morgan fingerprint density at radius 1 is 1.50 bits per heavy atom. The molecule has 0 aliphatic carbocycles. The number of aromatic nitrogens is 1. The summed E-state index contributed by atoms with van der Waals surface area (Å²) < 4.78 is 5.09. The van der Waals surface area contributed by atoms with Crippen molar-refractivity contribution < 1.29 is 4.74 Å². The second-order valence-corrected chi connectivity index (χ2v) is 6.58. The molecule has 0 aliphatic heterocycles. The van der Waals surface area contributed by atoms with Crippen molar-refractivity contribution in [2.45, 2.75) is 25.2 Å². The van der Waals surface area contributed by atoms with Gasteiger partial charge < -0.3 is 4.74 Å². The third-order valence-electron chi connectivity index (χ3n) is 2.34. The molecule has 0 aromatic carbocycles. The molecule has 0 radical (unpaired) electrons. The largest absolute Gasteiger partial charge is 0.383 e. The van der Waals surface area contributed by atoms with E-state index in [9.17, 15) is 0 Å². The molecular formula is C11H19BrN2OS. The number of aryl methyl sites for hydroxylation is 2. The van der Waals surface area contributed by atoms with E-state index in [2.05, 4.69) is 46.7 Å². The number of methoxy groups -OCH3 is 1. The normalized spacial score (nSPS) is 13.4. The highest BCUT2D eigenvalue weighted by atomic mass is 79.9. The highest BCUT2D eigenvalue weighted by molar-refractivity contribution is 9.09. The van der Waals surface area contributed by atoms with E-state index < -0.39 is 0 Å². The number of thiazole rings is 1. The standard InChI is InChI=1S/C11H19BrN2OS/c1-8-9(2)16-11(13-8)6-14(3)5-10(12)7-15-4/h10H,5-7H2,1-4H3. The quantitative estimate of drug-likeness (QED) is 0.756. The Hall–Kier alpha value is 0.0300. The second-order valence-electron chi connectivity index (χ2n) is 4.00. The summed E-state index contributed by atoms with van der Waals surface area (Å²) in [4.78, 5) is 8.49. The average Bonchev–Trinajstić information content (AvgIpc) is 2.45. The van der Waals surface area contributed by atoms with Crippen molar-refractivity contribution in [2.75, 3.05) is 27.3 Å². The minimum atomic E-state index is 0.379. The minimum absolute atomic E-state index is 0.379. The first-order chi connectivity index (χ1) is 7.52. The Labute approximate surface area is 110 Å². The van der Waals surface area contributed by atoms with Crippen LogP contribution < -0.4 is 0 Å². The molecule has 1 rings (SSSR count). The lowest BCUT2D eigenvalue weighted by Crippen LogP contribution is -2.27. The van der Waals surface area contributed by atoms with E-state index in [1.54, 1.807) is 18.4 Å². The SMILES string of the molecule is COCC(Br)CN(C)Cc1nc(C)c(C)s1. The van der Waals surface area contributed by atoms with Gasteiger partial charge in [-0.1, -0.05) is 15.9 Å². The van der Waals surface area contributed by atoms with Gasteiger partial charge in [0.2, 0.25) is 0 Å². The first-order valence-corrected chi connectivity index (χ1v) is 7.00. The van der Waals surface area contributed by atoms with Gasteiger partial charge in [-0.05, 0) is 20.9 Å². The molecule has 92 valence electrons. The van der Waals surface area contributed by atoms with Crippen molar-refractivity contribution in [3.63, 3.8) is 0 Å². The van der Waals surface area contributed by atoms with Crippen LogP contribution in [0.4, 0.5) is 0 Å². The van der Waals surface area contributed by atoms with Gasteiger partial charge >= 0.3 is 0 Å². The van der Waals surface area contributed by atoms with Crippen LogP contribution in [0, 0.1) is 13.8 Å². The van der Waals surface area contributed by atoms with Crippen molar-refractivity contribution >= 4 is 27.3 Å². The highest BCUT2D eigenvalue weighted by Gasteiger charge is 2.10. The van der Waals surface area contributed by atoms with Crippen molar-refractivity contribution in [3.05, 3.63) is 15.6 Å². The lowest BCUT2D eigenvalue weighted by molar-refractivity contribution is 0.185. The van der Waals surface area contributed by atoms with E-state index >= 15 is 0 Å². The molecule has 1 atom stereocenters.